The molecule has 1 heteroatoms. The zero-order valence-electron chi connectivity index (χ0n) is 16.9. The lowest BCUT2D eigenvalue weighted by atomic mass is 9.98. The van der Waals surface area contributed by atoms with Crippen LogP contribution in [0.15, 0.2) is 60.7 Å². The summed E-state index contributed by atoms with van der Waals surface area (Å²) in [6, 6.07) is 22.5. The minimum Gasteiger partial charge on any atom is -0.338 e. The smallest absolute Gasteiger partial charge is 0.0413 e. The highest BCUT2D eigenvalue weighted by atomic mass is 15.2. The quantitative estimate of drug-likeness (QED) is 0.329. The van der Waals surface area contributed by atoms with Gasteiger partial charge in [-0.25, -0.2) is 0 Å². The standard InChI is InChI=1S/C25H37N/c1-3-5-7-8-9-12-18-23(17-6-4-2)26(24-19-13-10-14-20-24)25-21-15-11-16-22-25/h10-11,13-16,19-23H,3-9,12,17-18H2,1-2H3. The number of nitrogens with zero attached hydrogens (tertiary/aromatic N) is 1. The topological polar surface area (TPSA) is 3.24 Å². The van der Waals surface area contributed by atoms with Crippen molar-refractivity contribution < 1.29 is 0 Å². The summed E-state index contributed by atoms with van der Waals surface area (Å²) < 4.78 is 0. The molecule has 0 amide bonds. The van der Waals surface area contributed by atoms with Crippen molar-refractivity contribution in [2.75, 3.05) is 4.90 Å². The minimum absolute atomic E-state index is 0.589. The first-order chi connectivity index (χ1) is 12.9. The Morgan fingerprint density at radius 2 is 1.04 bits per heavy atom. The van der Waals surface area contributed by atoms with Gasteiger partial charge in [0.15, 0.2) is 0 Å². The molecule has 0 radical (unpaired) electrons. The van der Waals surface area contributed by atoms with Gasteiger partial charge in [0, 0.05) is 17.4 Å². The molecule has 0 aromatic heterocycles. The largest absolute Gasteiger partial charge is 0.338 e. The Bertz CT molecular complexity index is 524. The molecule has 0 aliphatic heterocycles. The van der Waals surface area contributed by atoms with Crippen molar-refractivity contribution in [2.24, 2.45) is 0 Å². The minimum atomic E-state index is 0.589. The highest BCUT2D eigenvalue weighted by Gasteiger charge is 2.20. The number of para-hydroxylation sites is 2. The molecule has 0 saturated carbocycles. The number of hydrogen-bond acceptors (Lipinski definition) is 1. The molecule has 2 rings (SSSR count). The third-order valence-corrected chi connectivity index (χ3v) is 5.22. The molecule has 26 heavy (non-hydrogen) atoms. The van der Waals surface area contributed by atoms with Crippen LogP contribution in [0.1, 0.15) is 78.1 Å². The predicted octanol–water partition coefficient (Wildman–Crippen LogP) is 8.13. The summed E-state index contributed by atoms with van der Waals surface area (Å²) in [4.78, 5) is 2.59. The molecule has 1 nitrogen and oxygen atoms in total. The van der Waals surface area contributed by atoms with Crippen LogP contribution in [0.25, 0.3) is 0 Å². The van der Waals surface area contributed by atoms with Crippen LogP contribution in [0, 0.1) is 0 Å². The van der Waals surface area contributed by atoms with Gasteiger partial charge in [0.2, 0.25) is 0 Å². The maximum absolute atomic E-state index is 2.59. The highest BCUT2D eigenvalue weighted by molar-refractivity contribution is 5.63. The van der Waals surface area contributed by atoms with Gasteiger partial charge in [-0.2, -0.15) is 0 Å². The van der Waals surface area contributed by atoms with E-state index in [1.165, 1.54) is 75.6 Å². The maximum Gasteiger partial charge on any atom is 0.0413 e. The van der Waals surface area contributed by atoms with E-state index in [1.807, 2.05) is 0 Å². The van der Waals surface area contributed by atoms with Crippen LogP contribution in [0.3, 0.4) is 0 Å². The molecule has 0 aliphatic rings. The number of hydrogen-bond donors (Lipinski definition) is 0. The van der Waals surface area contributed by atoms with Crippen molar-refractivity contribution in [3.8, 4) is 0 Å². The van der Waals surface area contributed by atoms with E-state index in [-0.39, 0.29) is 0 Å². The lowest BCUT2D eigenvalue weighted by molar-refractivity contribution is 0.491. The molecular weight excluding hydrogens is 314 g/mol. The molecule has 0 spiro atoms. The van der Waals surface area contributed by atoms with Crippen LogP contribution in [-0.4, -0.2) is 6.04 Å². The molecule has 142 valence electrons. The van der Waals surface area contributed by atoms with Gasteiger partial charge in [0.25, 0.3) is 0 Å². The van der Waals surface area contributed by atoms with Gasteiger partial charge in [0.1, 0.15) is 0 Å². The van der Waals surface area contributed by atoms with Gasteiger partial charge in [-0.15, -0.1) is 0 Å². The van der Waals surface area contributed by atoms with Crippen LogP contribution in [0.2, 0.25) is 0 Å². The molecule has 1 atom stereocenters. The SMILES string of the molecule is CCCCCCCCC(CCCC)N(c1ccccc1)c1ccccc1. The number of anilines is 2. The van der Waals surface area contributed by atoms with E-state index >= 15 is 0 Å². The number of rotatable bonds is 13. The van der Waals surface area contributed by atoms with Crippen molar-refractivity contribution in [3.63, 3.8) is 0 Å². The monoisotopic (exact) mass is 351 g/mol. The molecule has 0 N–H and O–H groups in total. The van der Waals surface area contributed by atoms with E-state index in [4.69, 9.17) is 0 Å². The Morgan fingerprint density at radius 1 is 0.577 bits per heavy atom. The van der Waals surface area contributed by atoms with Gasteiger partial charge in [-0.3, -0.25) is 0 Å². The molecule has 0 saturated heterocycles. The normalized spacial score (nSPS) is 12.1. The summed E-state index contributed by atoms with van der Waals surface area (Å²) in [7, 11) is 0. The molecule has 2 aromatic rings. The van der Waals surface area contributed by atoms with E-state index < -0.39 is 0 Å². The van der Waals surface area contributed by atoms with E-state index in [0.29, 0.717) is 6.04 Å². The second-order valence-electron chi connectivity index (χ2n) is 7.39. The molecule has 1 unspecified atom stereocenters. The summed E-state index contributed by atoms with van der Waals surface area (Å²) in [6.45, 7) is 4.59. The Hall–Kier alpha value is -1.76. The van der Waals surface area contributed by atoms with Crippen molar-refractivity contribution in [1.82, 2.24) is 0 Å². The van der Waals surface area contributed by atoms with Crippen molar-refractivity contribution >= 4 is 11.4 Å². The molecule has 0 aliphatic carbocycles. The molecule has 2 aromatic carbocycles. The highest BCUT2D eigenvalue weighted by Crippen LogP contribution is 2.31. The number of benzene rings is 2. The fraction of sp³-hybridized carbons (Fsp3) is 0.520. The third kappa shape index (κ3) is 6.86. The molecular formula is C25H37N. The van der Waals surface area contributed by atoms with Crippen LogP contribution in [0.4, 0.5) is 11.4 Å². The predicted molar refractivity (Wildman–Crippen MR) is 116 cm³/mol. The zero-order chi connectivity index (χ0) is 18.5. The molecule has 0 bridgehead atoms. The summed E-state index contributed by atoms with van der Waals surface area (Å²) in [6.07, 6.45) is 13.4. The van der Waals surface area contributed by atoms with E-state index in [2.05, 4.69) is 79.4 Å². The first-order valence-corrected chi connectivity index (χ1v) is 10.8. The van der Waals surface area contributed by atoms with Gasteiger partial charge in [-0.1, -0.05) is 102 Å². The lowest BCUT2D eigenvalue weighted by Crippen LogP contribution is -2.31. The van der Waals surface area contributed by atoms with E-state index in [1.54, 1.807) is 0 Å². The van der Waals surface area contributed by atoms with E-state index in [0.717, 1.165) is 0 Å². The first-order valence-electron chi connectivity index (χ1n) is 10.8. The fourth-order valence-electron chi connectivity index (χ4n) is 3.75. The Kier molecular flexibility index (Phi) is 9.94. The second-order valence-corrected chi connectivity index (χ2v) is 7.39. The van der Waals surface area contributed by atoms with Crippen molar-refractivity contribution in [2.45, 2.75) is 84.1 Å². The first kappa shape index (κ1) is 20.6. The Labute approximate surface area is 161 Å². The maximum atomic E-state index is 2.59. The summed E-state index contributed by atoms with van der Waals surface area (Å²) in [5.41, 5.74) is 2.65. The molecule has 0 fully saturated rings. The van der Waals surface area contributed by atoms with Crippen LogP contribution < -0.4 is 4.90 Å². The fourth-order valence-corrected chi connectivity index (χ4v) is 3.75. The van der Waals surface area contributed by atoms with Crippen LogP contribution in [0.5, 0.6) is 0 Å². The Morgan fingerprint density at radius 3 is 1.58 bits per heavy atom. The Balaban J connectivity index is 2.10. The molecule has 0 heterocycles. The van der Waals surface area contributed by atoms with Crippen LogP contribution in [-0.2, 0) is 0 Å². The lowest BCUT2D eigenvalue weighted by Gasteiger charge is -2.34. The summed E-state index contributed by atoms with van der Waals surface area (Å²) in [5.74, 6) is 0. The average Bonchev–Trinajstić information content (AvgIpc) is 2.70. The number of unbranched alkanes of at least 4 members (excludes halogenated alkanes) is 6. The van der Waals surface area contributed by atoms with Gasteiger partial charge >= 0.3 is 0 Å². The second kappa shape index (κ2) is 12.6. The zero-order valence-corrected chi connectivity index (χ0v) is 16.9. The van der Waals surface area contributed by atoms with Crippen molar-refractivity contribution in [1.29, 1.82) is 0 Å². The van der Waals surface area contributed by atoms with Gasteiger partial charge in [0.05, 0.1) is 0 Å². The van der Waals surface area contributed by atoms with Gasteiger partial charge < -0.3 is 4.90 Å². The summed E-state index contributed by atoms with van der Waals surface area (Å²) in [5, 5.41) is 0. The van der Waals surface area contributed by atoms with E-state index in [9.17, 15) is 0 Å². The van der Waals surface area contributed by atoms with Crippen LogP contribution >= 0.6 is 0 Å². The average molecular weight is 352 g/mol. The van der Waals surface area contributed by atoms with Gasteiger partial charge in [-0.05, 0) is 37.1 Å². The summed E-state index contributed by atoms with van der Waals surface area (Å²) >= 11 is 0. The third-order valence-electron chi connectivity index (χ3n) is 5.22. The van der Waals surface area contributed by atoms with Crippen molar-refractivity contribution in [3.05, 3.63) is 60.7 Å².